The Morgan fingerprint density at radius 1 is 1.40 bits per heavy atom. The third-order valence-corrected chi connectivity index (χ3v) is 4.39. The van der Waals surface area contributed by atoms with Crippen molar-refractivity contribution in [2.24, 2.45) is 0 Å². The number of hydrogen-bond donors (Lipinski definition) is 1. The fourth-order valence-electron chi connectivity index (χ4n) is 2.50. The van der Waals surface area contributed by atoms with Gasteiger partial charge in [0.2, 0.25) is 0 Å². The van der Waals surface area contributed by atoms with Crippen LogP contribution in [-0.4, -0.2) is 19.6 Å². The van der Waals surface area contributed by atoms with Crippen LogP contribution < -0.4 is 15.4 Å². The molecule has 1 aromatic heterocycles. The second-order valence-corrected chi connectivity index (χ2v) is 5.71. The summed E-state index contributed by atoms with van der Waals surface area (Å²) in [5.74, 6) is 0.761. The van der Waals surface area contributed by atoms with Crippen molar-refractivity contribution in [3.05, 3.63) is 40.1 Å². The molecule has 3 rings (SSSR count). The van der Waals surface area contributed by atoms with Crippen molar-refractivity contribution in [3.63, 3.8) is 0 Å². The van der Waals surface area contributed by atoms with Gasteiger partial charge in [-0.05, 0) is 36.6 Å². The number of nitrogen functional groups attached to an aromatic ring is 1. The summed E-state index contributed by atoms with van der Waals surface area (Å²) in [4.78, 5) is 15.2. The van der Waals surface area contributed by atoms with Gasteiger partial charge >= 0.3 is 0 Å². The van der Waals surface area contributed by atoms with E-state index < -0.39 is 0 Å². The van der Waals surface area contributed by atoms with E-state index in [1.165, 1.54) is 11.3 Å². The number of fused-ring (bicyclic) bond motifs is 1. The summed E-state index contributed by atoms with van der Waals surface area (Å²) in [5, 5.41) is 1.85. The molecule has 2 aromatic rings. The lowest BCUT2D eigenvalue weighted by Crippen LogP contribution is -2.35. The number of carbonyl (C=O) groups is 1. The van der Waals surface area contributed by atoms with E-state index in [9.17, 15) is 4.79 Å². The van der Waals surface area contributed by atoms with Gasteiger partial charge in [0.15, 0.2) is 0 Å². The van der Waals surface area contributed by atoms with Gasteiger partial charge in [-0.25, -0.2) is 0 Å². The zero-order chi connectivity index (χ0) is 14.1. The van der Waals surface area contributed by atoms with Crippen molar-refractivity contribution in [1.82, 2.24) is 0 Å². The van der Waals surface area contributed by atoms with E-state index in [0.717, 1.165) is 42.1 Å². The quantitative estimate of drug-likeness (QED) is 0.864. The summed E-state index contributed by atoms with van der Waals surface area (Å²) in [7, 11) is 1.61. The van der Waals surface area contributed by atoms with Gasteiger partial charge in [0.25, 0.3) is 5.91 Å². The molecular formula is C15H16N2O2S. The predicted molar refractivity (Wildman–Crippen MR) is 81.7 cm³/mol. The number of nitrogens with two attached hydrogens (primary N) is 1. The molecule has 0 radical (unpaired) electrons. The van der Waals surface area contributed by atoms with Crippen molar-refractivity contribution in [2.75, 3.05) is 24.3 Å². The highest BCUT2D eigenvalue weighted by Crippen LogP contribution is 2.31. The first-order valence-corrected chi connectivity index (χ1v) is 7.40. The minimum atomic E-state index is 0.0315. The molecular weight excluding hydrogens is 272 g/mol. The van der Waals surface area contributed by atoms with E-state index in [1.807, 2.05) is 28.5 Å². The van der Waals surface area contributed by atoms with Gasteiger partial charge in [-0.15, -0.1) is 11.3 Å². The van der Waals surface area contributed by atoms with Gasteiger partial charge in [-0.1, -0.05) is 0 Å². The molecule has 0 saturated carbocycles. The molecule has 4 nitrogen and oxygen atoms in total. The highest BCUT2D eigenvalue weighted by Gasteiger charge is 2.24. The van der Waals surface area contributed by atoms with Gasteiger partial charge < -0.3 is 15.4 Å². The second-order valence-electron chi connectivity index (χ2n) is 4.80. The number of ether oxygens (including phenoxy) is 1. The first kappa shape index (κ1) is 13.0. The minimum Gasteiger partial charge on any atom is -0.496 e. The Morgan fingerprint density at radius 3 is 3.00 bits per heavy atom. The Morgan fingerprint density at radius 2 is 2.25 bits per heavy atom. The summed E-state index contributed by atoms with van der Waals surface area (Å²) in [6, 6.07) is 7.54. The molecule has 5 heteroatoms. The lowest BCUT2D eigenvalue weighted by molar-refractivity contribution is 0.0989. The Balaban J connectivity index is 1.93. The number of rotatable bonds is 2. The number of methoxy groups -OCH3 is 1. The number of carbonyl (C=O) groups excluding carboxylic acids is 1. The van der Waals surface area contributed by atoms with Crippen molar-refractivity contribution in [1.29, 1.82) is 0 Å². The molecule has 0 unspecified atom stereocenters. The van der Waals surface area contributed by atoms with E-state index in [4.69, 9.17) is 10.5 Å². The normalized spacial score (nSPS) is 13.9. The molecule has 1 aliphatic heterocycles. The summed E-state index contributed by atoms with van der Waals surface area (Å²) < 4.78 is 5.14. The van der Waals surface area contributed by atoms with Crippen molar-refractivity contribution in [3.8, 4) is 5.75 Å². The third-order valence-electron chi connectivity index (χ3n) is 3.49. The van der Waals surface area contributed by atoms with Gasteiger partial charge in [0.05, 0.1) is 12.0 Å². The number of aryl methyl sites for hydroxylation is 1. The van der Waals surface area contributed by atoms with E-state index in [0.29, 0.717) is 4.88 Å². The van der Waals surface area contributed by atoms with E-state index in [2.05, 4.69) is 0 Å². The zero-order valence-electron chi connectivity index (χ0n) is 11.3. The summed E-state index contributed by atoms with van der Waals surface area (Å²) in [6.45, 7) is 0.746. The van der Waals surface area contributed by atoms with Crippen LogP contribution in [-0.2, 0) is 6.42 Å². The maximum atomic E-state index is 12.6. The topological polar surface area (TPSA) is 55.6 Å². The number of nitrogens with zero attached hydrogens (tertiary/aromatic N) is 1. The van der Waals surface area contributed by atoms with Crippen LogP contribution in [0.1, 0.15) is 21.7 Å². The smallest absolute Gasteiger partial charge is 0.268 e. The minimum absolute atomic E-state index is 0.0315. The first-order chi connectivity index (χ1) is 9.69. The van der Waals surface area contributed by atoms with Crippen LogP contribution in [0.5, 0.6) is 5.75 Å². The Bertz CT molecular complexity index is 651. The molecule has 0 bridgehead atoms. The zero-order valence-corrected chi connectivity index (χ0v) is 12.1. The molecule has 1 aliphatic rings. The van der Waals surface area contributed by atoms with Gasteiger partial charge in [-0.3, -0.25) is 4.79 Å². The highest BCUT2D eigenvalue weighted by molar-refractivity contribution is 7.12. The second kappa shape index (κ2) is 5.17. The molecule has 2 heterocycles. The first-order valence-electron chi connectivity index (χ1n) is 6.52. The maximum Gasteiger partial charge on any atom is 0.268 e. The SMILES string of the molecule is COc1csc(C(=O)N2CCCc3cc(N)ccc32)c1. The van der Waals surface area contributed by atoms with Gasteiger partial charge in [0.1, 0.15) is 5.75 Å². The van der Waals surface area contributed by atoms with Gasteiger partial charge in [-0.2, -0.15) is 0 Å². The lowest BCUT2D eigenvalue weighted by atomic mass is 10.0. The highest BCUT2D eigenvalue weighted by atomic mass is 32.1. The molecule has 0 aliphatic carbocycles. The van der Waals surface area contributed by atoms with Crippen molar-refractivity contribution in [2.45, 2.75) is 12.8 Å². The molecule has 0 spiro atoms. The monoisotopic (exact) mass is 288 g/mol. The molecule has 2 N–H and O–H groups in total. The molecule has 104 valence electrons. The number of hydrogen-bond acceptors (Lipinski definition) is 4. The summed E-state index contributed by atoms with van der Waals surface area (Å²) in [6.07, 6.45) is 1.93. The number of thiophene rings is 1. The summed E-state index contributed by atoms with van der Waals surface area (Å²) >= 11 is 1.41. The van der Waals surface area contributed by atoms with Crippen LogP contribution >= 0.6 is 11.3 Å². The van der Waals surface area contributed by atoms with Gasteiger partial charge in [0, 0.05) is 29.4 Å². The third kappa shape index (κ3) is 2.25. The Labute approximate surface area is 121 Å². The average Bonchev–Trinajstić information content (AvgIpc) is 2.94. The Kier molecular flexibility index (Phi) is 3.36. The number of amides is 1. The predicted octanol–water partition coefficient (Wildman–Crippen LogP) is 2.93. The standard InChI is InChI=1S/C15H16N2O2S/c1-19-12-8-14(20-9-12)15(18)17-6-2-3-10-7-11(16)4-5-13(10)17/h4-5,7-9H,2-3,6,16H2,1H3. The van der Waals surface area contributed by atoms with Crippen LogP contribution in [0.2, 0.25) is 0 Å². The molecule has 0 fully saturated rings. The molecule has 0 saturated heterocycles. The van der Waals surface area contributed by atoms with Crippen molar-refractivity contribution < 1.29 is 9.53 Å². The Hall–Kier alpha value is -2.01. The molecule has 0 atom stereocenters. The average molecular weight is 288 g/mol. The fourth-order valence-corrected chi connectivity index (χ4v) is 3.30. The van der Waals surface area contributed by atoms with Crippen LogP contribution in [0.4, 0.5) is 11.4 Å². The molecule has 1 aromatic carbocycles. The van der Waals surface area contributed by atoms with Crippen LogP contribution in [0, 0.1) is 0 Å². The van der Waals surface area contributed by atoms with Crippen LogP contribution in [0.15, 0.2) is 29.6 Å². The molecule has 1 amide bonds. The summed E-state index contributed by atoms with van der Waals surface area (Å²) in [5.41, 5.74) is 8.69. The maximum absolute atomic E-state index is 12.6. The number of benzene rings is 1. The van der Waals surface area contributed by atoms with E-state index >= 15 is 0 Å². The van der Waals surface area contributed by atoms with Crippen LogP contribution in [0.25, 0.3) is 0 Å². The largest absolute Gasteiger partial charge is 0.496 e. The van der Waals surface area contributed by atoms with E-state index in [-0.39, 0.29) is 5.91 Å². The fraction of sp³-hybridized carbons (Fsp3) is 0.267. The van der Waals surface area contributed by atoms with Crippen LogP contribution in [0.3, 0.4) is 0 Å². The number of anilines is 2. The van der Waals surface area contributed by atoms with Crippen molar-refractivity contribution >= 4 is 28.6 Å². The molecule has 20 heavy (non-hydrogen) atoms. The van der Waals surface area contributed by atoms with E-state index in [1.54, 1.807) is 13.2 Å². The lowest BCUT2D eigenvalue weighted by Gasteiger charge is -2.29.